The molecule has 1 heterocycles. The molecule has 0 spiro atoms. The quantitative estimate of drug-likeness (QED) is 0.180. The van der Waals surface area contributed by atoms with Gasteiger partial charge in [-0.15, -0.1) is 0 Å². The third kappa shape index (κ3) is 6.69. The van der Waals surface area contributed by atoms with E-state index in [1.807, 2.05) is 36.2 Å². The number of phenolic OH excluding ortho intramolecular Hbond substituents is 2. The third-order valence-electron chi connectivity index (χ3n) is 5.68. The van der Waals surface area contributed by atoms with Gasteiger partial charge in [-0.1, -0.05) is 62.5 Å². The standard InChI is InChI=1S/C24H34N6O3S/c1-5-7-10-17(6-2)15-25-23(33)26-19-13-21(32)22(14-20(19)31)34-24-27-29(4)28-30(24)18-11-8-9-16(3)12-18/h8-9,11-14,17,24,27-28H,5-7,10,15H2,1-4H3,(H2,25,26,32,33)/p+1. The van der Waals surface area contributed by atoms with Crippen LogP contribution in [0.1, 0.15) is 45.1 Å². The summed E-state index contributed by atoms with van der Waals surface area (Å²) in [6, 6.07) is 10.4. The van der Waals surface area contributed by atoms with E-state index in [1.54, 1.807) is 11.9 Å². The van der Waals surface area contributed by atoms with Crippen molar-refractivity contribution < 1.29 is 19.8 Å². The van der Waals surface area contributed by atoms with Crippen LogP contribution >= 0.6 is 11.8 Å². The van der Waals surface area contributed by atoms with E-state index in [2.05, 4.69) is 35.1 Å². The number of unbranched alkanes of at least 4 members (excludes halogenated alkanes) is 1. The minimum Gasteiger partial charge on any atom is -0.507 e. The topological polar surface area (TPSA) is 112 Å². The molecule has 0 fully saturated rings. The summed E-state index contributed by atoms with van der Waals surface area (Å²) in [4.78, 5) is 14.4. The van der Waals surface area contributed by atoms with E-state index < -0.39 is 11.5 Å². The lowest BCUT2D eigenvalue weighted by molar-refractivity contribution is -0.610. The highest BCUT2D eigenvalue weighted by molar-refractivity contribution is 8.00. The summed E-state index contributed by atoms with van der Waals surface area (Å²) in [5.41, 5.74) is 4.93. The van der Waals surface area contributed by atoms with Gasteiger partial charge < -0.3 is 20.8 Å². The molecule has 2 amide bonds. The predicted octanol–water partition coefficient (Wildman–Crippen LogP) is 5.15. The second-order valence-corrected chi connectivity index (χ2v) is 9.58. The Balaban J connectivity index is 1.66. The average Bonchev–Trinajstić information content (AvgIpc) is 3.17. The molecule has 0 bridgehead atoms. The lowest BCUT2D eigenvalue weighted by atomic mass is 9.99. The number of urea groups is 1. The molecule has 184 valence electrons. The summed E-state index contributed by atoms with van der Waals surface area (Å²) in [5.74, 6) is 0.237. The molecule has 2 aromatic carbocycles. The number of rotatable bonds is 10. The Hall–Kier alpha value is -3.14. The SMILES string of the molecule is CCCCC(CC)CNC(=O)Nc1cc(O)c(SC2N=[N+](C)NN2c2cccc(C)c2)cc1O. The summed E-state index contributed by atoms with van der Waals surface area (Å²) < 4.78 is 0. The van der Waals surface area contributed by atoms with Crippen molar-refractivity contribution in [3.63, 3.8) is 0 Å². The summed E-state index contributed by atoms with van der Waals surface area (Å²) in [6.07, 6.45) is 4.33. The monoisotopic (exact) mass is 487 g/mol. The molecule has 2 aromatic rings. The first-order chi connectivity index (χ1) is 16.3. The highest BCUT2D eigenvalue weighted by Gasteiger charge is 2.33. The van der Waals surface area contributed by atoms with Crippen LogP contribution in [0.3, 0.4) is 0 Å². The molecule has 1 aliphatic heterocycles. The van der Waals surface area contributed by atoms with E-state index in [-0.39, 0.29) is 17.2 Å². The molecule has 5 N–H and O–H groups in total. The maximum absolute atomic E-state index is 12.3. The van der Waals surface area contributed by atoms with E-state index in [4.69, 9.17) is 0 Å². The third-order valence-corrected chi connectivity index (χ3v) is 6.77. The second kappa shape index (κ2) is 11.8. The Labute approximate surface area is 205 Å². The number of hydrogen-bond acceptors (Lipinski definition) is 7. The first kappa shape index (κ1) is 25.5. The molecular weight excluding hydrogens is 452 g/mol. The van der Waals surface area contributed by atoms with Crippen LogP contribution in [0.15, 0.2) is 46.4 Å². The molecule has 0 aliphatic carbocycles. The van der Waals surface area contributed by atoms with Crippen LogP contribution in [0, 0.1) is 12.8 Å². The number of benzene rings is 2. The van der Waals surface area contributed by atoms with Gasteiger partial charge in [0.2, 0.25) is 0 Å². The number of amides is 2. The van der Waals surface area contributed by atoms with Crippen LogP contribution < -0.4 is 21.2 Å². The highest BCUT2D eigenvalue weighted by Crippen LogP contribution is 2.41. The number of aromatic hydroxyl groups is 2. The van der Waals surface area contributed by atoms with Crippen molar-refractivity contribution in [1.82, 2.24) is 10.9 Å². The minimum atomic E-state index is -0.410. The number of hydrogen-bond donors (Lipinski definition) is 5. The average molecular weight is 488 g/mol. The number of carbonyl (C=O) groups is 1. The van der Waals surface area contributed by atoms with Gasteiger partial charge in [0.05, 0.1) is 16.3 Å². The number of carbonyl (C=O) groups excluding carboxylic acids is 1. The van der Waals surface area contributed by atoms with Gasteiger partial charge in [0.1, 0.15) is 11.5 Å². The van der Waals surface area contributed by atoms with Gasteiger partial charge in [-0.3, -0.25) is 0 Å². The number of nitrogens with one attached hydrogen (secondary N) is 3. The van der Waals surface area contributed by atoms with Crippen molar-refractivity contribution in [1.29, 1.82) is 0 Å². The largest absolute Gasteiger partial charge is 0.507 e. The van der Waals surface area contributed by atoms with Crippen LogP contribution in [0.25, 0.3) is 0 Å². The smallest absolute Gasteiger partial charge is 0.319 e. The maximum Gasteiger partial charge on any atom is 0.319 e. The van der Waals surface area contributed by atoms with Gasteiger partial charge in [-0.05, 0) is 43.0 Å². The number of nitrogens with zero attached hydrogens (tertiary/aromatic N) is 3. The van der Waals surface area contributed by atoms with Crippen LogP contribution in [0.2, 0.25) is 0 Å². The fraction of sp³-hybridized carbons (Fsp3) is 0.458. The highest BCUT2D eigenvalue weighted by atomic mass is 32.2. The van der Waals surface area contributed by atoms with Crippen molar-refractivity contribution in [3.05, 3.63) is 42.0 Å². The fourth-order valence-electron chi connectivity index (χ4n) is 3.68. The van der Waals surface area contributed by atoms with E-state index in [0.717, 1.165) is 36.9 Å². The van der Waals surface area contributed by atoms with E-state index in [0.29, 0.717) is 17.4 Å². The Kier molecular flexibility index (Phi) is 8.86. The lowest BCUT2D eigenvalue weighted by Gasteiger charge is -2.20. The van der Waals surface area contributed by atoms with E-state index in [9.17, 15) is 15.0 Å². The predicted molar refractivity (Wildman–Crippen MR) is 135 cm³/mol. The van der Waals surface area contributed by atoms with Crippen LogP contribution in [0.5, 0.6) is 11.5 Å². The Morgan fingerprint density at radius 2 is 2.06 bits per heavy atom. The lowest BCUT2D eigenvalue weighted by Crippen LogP contribution is -2.40. The number of thioether (sulfide) groups is 1. The molecule has 3 rings (SSSR count). The number of hydrazine groups is 2. The molecule has 0 radical (unpaired) electrons. The van der Waals surface area contributed by atoms with Gasteiger partial charge in [-0.2, -0.15) is 5.01 Å². The van der Waals surface area contributed by atoms with Crippen LogP contribution in [0.4, 0.5) is 16.2 Å². The Morgan fingerprint density at radius 3 is 2.76 bits per heavy atom. The summed E-state index contributed by atoms with van der Waals surface area (Å²) in [7, 11) is 1.79. The van der Waals surface area contributed by atoms with Gasteiger partial charge in [0, 0.05) is 22.5 Å². The molecule has 0 saturated carbocycles. The molecule has 2 atom stereocenters. The van der Waals surface area contributed by atoms with E-state index >= 15 is 0 Å². The molecule has 0 aromatic heterocycles. The zero-order chi connectivity index (χ0) is 24.7. The molecule has 1 aliphatic rings. The fourth-order valence-corrected chi connectivity index (χ4v) is 4.73. The maximum atomic E-state index is 12.3. The summed E-state index contributed by atoms with van der Waals surface area (Å²) in [6.45, 7) is 6.85. The summed E-state index contributed by atoms with van der Waals surface area (Å²) >= 11 is 1.27. The number of phenols is 2. The van der Waals surface area contributed by atoms with Crippen molar-refractivity contribution >= 4 is 29.2 Å². The zero-order valence-electron chi connectivity index (χ0n) is 20.2. The van der Waals surface area contributed by atoms with Gasteiger partial charge in [0.25, 0.3) is 5.50 Å². The molecule has 0 saturated heterocycles. The van der Waals surface area contributed by atoms with Gasteiger partial charge in [-0.25, -0.2) is 4.79 Å². The summed E-state index contributed by atoms with van der Waals surface area (Å²) in [5, 5.41) is 33.0. The zero-order valence-corrected chi connectivity index (χ0v) is 21.0. The van der Waals surface area contributed by atoms with Gasteiger partial charge >= 0.3 is 6.03 Å². The Bertz CT molecular complexity index is 1030. The Morgan fingerprint density at radius 1 is 1.26 bits per heavy atom. The first-order valence-corrected chi connectivity index (χ1v) is 12.5. The van der Waals surface area contributed by atoms with Crippen molar-refractivity contribution in [2.24, 2.45) is 11.0 Å². The van der Waals surface area contributed by atoms with Crippen molar-refractivity contribution in [2.75, 3.05) is 23.9 Å². The van der Waals surface area contributed by atoms with Gasteiger partial charge in [0.15, 0.2) is 7.05 Å². The number of azo groups is 1. The van der Waals surface area contributed by atoms with Crippen molar-refractivity contribution in [3.8, 4) is 11.5 Å². The molecule has 2 unspecified atom stereocenters. The normalized spacial score (nSPS) is 16.1. The minimum absolute atomic E-state index is 0.0542. The van der Waals surface area contributed by atoms with E-state index in [1.165, 1.54) is 23.9 Å². The number of aryl methyl sites for hydroxylation is 1. The van der Waals surface area contributed by atoms with Crippen molar-refractivity contribution in [2.45, 2.75) is 56.8 Å². The molecule has 10 heteroatoms. The second-order valence-electron chi connectivity index (χ2n) is 8.48. The van der Waals surface area contributed by atoms with Crippen LogP contribution in [-0.2, 0) is 0 Å². The van der Waals surface area contributed by atoms with Crippen LogP contribution in [-0.4, -0.2) is 40.1 Å². The molecular formula is C24H35N6O3S+. The first-order valence-electron chi connectivity index (χ1n) is 11.6. The molecule has 9 nitrogen and oxygen atoms in total. The molecule has 34 heavy (non-hydrogen) atoms. The number of anilines is 2.